The number of hydrogen-bond donors (Lipinski definition) is 0. The fraction of sp³-hybridized carbons (Fsp3) is 0.833. The van der Waals surface area contributed by atoms with Crippen LogP contribution in [-0.2, 0) is 4.79 Å². The Bertz CT molecular complexity index is 95.1. The highest BCUT2D eigenvalue weighted by Crippen LogP contribution is 1.91. The summed E-state index contributed by atoms with van der Waals surface area (Å²) in [6.07, 6.45) is 1.02. The topological polar surface area (TPSA) is 20.3 Å². The van der Waals surface area contributed by atoms with Crippen LogP contribution in [0.3, 0.4) is 0 Å². The Morgan fingerprint density at radius 1 is 1.67 bits per heavy atom. The molecular formula is C6H12BrNO. The van der Waals surface area contributed by atoms with Crippen LogP contribution in [0.25, 0.3) is 0 Å². The molecule has 1 amide bonds. The van der Waals surface area contributed by atoms with E-state index in [0.29, 0.717) is 0 Å². The maximum Gasteiger partial charge on any atom is 0.219 e. The highest BCUT2D eigenvalue weighted by atomic mass is 79.9. The molecule has 0 aromatic carbocycles. The largest absolute Gasteiger partial charge is 0.346 e. The molecule has 0 unspecified atom stereocenters. The maximum absolute atomic E-state index is 10.6. The Kier molecular flexibility index (Phi) is 4.77. The highest BCUT2D eigenvalue weighted by Gasteiger charge is 1.98. The summed E-state index contributed by atoms with van der Waals surface area (Å²) in [4.78, 5) is 12.3. The van der Waals surface area contributed by atoms with Gasteiger partial charge in [0.1, 0.15) is 0 Å². The number of amides is 1. The van der Waals surface area contributed by atoms with Crippen molar-refractivity contribution in [2.45, 2.75) is 13.3 Å². The van der Waals surface area contributed by atoms with Gasteiger partial charge in [-0.3, -0.25) is 4.79 Å². The fourth-order valence-corrected chi connectivity index (χ4v) is 0.705. The fourth-order valence-electron chi connectivity index (χ4n) is 0.454. The minimum Gasteiger partial charge on any atom is -0.346 e. The van der Waals surface area contributed by atoms with Crippen LogP contribution in [0, 0.1) is 0 Å². The molecule has 0 bridgehead atoms. The lowest BCUT2D eigenvalue weighted by Gasteiger charge is -2.12. The normalized spacial score (nSPS) is 9.22. The second-order valence-corrected chi connectivity index (χ2v) is 2.78. The van der Waals surface area contributed by atoms with E-state index in [4.69, 9.17) is 0 Å². The zero-order chi connectivity index (χ0) is 7.28. The molecule has 2 nitrogen and oxygen atoms in total. The van der Waals surface area contributed by atoms with Gasteiger partial charge in [-0.1, -0.05) is 15.9 Å². The molecule has 0 fully saturated rings. The van der Waals surface area contributed by atoms with Crippen molar-refractivity contribution in [2.75, 3.05) is 18.9 Å². The number of hydrogen-bond acceptors (Lipinski definition) is 1. The number of nitrogens with zero attached hydrogens (tertiary/aromatic N) is 1. The zero-order valence-corrected chi connectivity index (χ0v) is 7.44. The molecule has 0 heterocycles. The SMILES string of the molecule is CC(=O)N(C)CCCBr. The van der Waals surface area contributed by atoms with E-state index < -0.39 is 0 Å². The zero-order valence-electron chi connectivity index (χ0n) is 5.85. The minimum absolute atomic E-state index is 0.135. The monoisotopic (exact) mass is 193 g/mol. The second-order valence-electron chi connectivity index (χ2n) is 1.98. The Hall–Kier alpha value is -0.0500. The van der Waals surface area contributed by atoms with Crippen LogP contribution in [0.15, 0.2) is 0 Å². The average molecular weight is 194 g/mol. The van der Waals surface area contributed by atoms with E-state index in [1.165, 1.54) is 0 Å². The van der Waals surface area contributed by atoms with Gasteiger partial charge in [-0.15, -0.1) is 0 Å². The molecule has 0 atom stereocenters. The van der Waals surface area contributed by atoms with Crippen molar-refractivity contribution in [3.05, 3.63) is 0 Å². The Morgan fingerprint density at radius 2 is 2.22 bits per heavy atom. The van der Waals surface area contributed by atoms with Crippen LogP contribution in [-0.4, -0.2) is 29.7 Å². The third kappa shape index (κ3) is 4.45. The molecule has 0 aromatic heterocycles. The van der Waals surface area contributed by atoms with Gasteiger partial charge < -0.3 is 4.90 Å². The van der Waals surface area contributed by atoms with E-state index >= 15 is 0 Å². The summed E-state index contributed by atoms with van der Waals surface area (Å²) in [5.41, 5.74) is 0. The first-order valence-electron chi connectivity index (χ1n) is 2.96. The van der Waals surface area contributed by atoms with Crippen LogP contribution in [0.5, 0.6) is 0 Å². The summed E-state index contributed by atoms with van der Waals surface area (Å²) in [7, 11) is 1.81. The van der Waals surface area contributed by atoms with E-state index in [2.05, 4.69) is 15.9 Å². The first-order chi connectivity index (χ1) is 4.18. The van der Waals surface area contributed by atoms with Crippen molar-refractivity contribution < 1.29 is 4.79 Å². The van der Waals surface area contributed by atoms with Crippen molar-refractivity contribution in [3.63, 3.8) is 0 Å². The lowest BCUT2D eigenvalue weighted by atomic mass is 10.4. The molecule has 0 spiro atoms. The summed E-state index contributed by atoms with van der Waals surface area (Å²) in [6, 6.07) is 0. The first kappa shape index (κ1) is 8.95. The molecule has 0 rings (SSSR count). The van der Waals surface area contributed by atoms with Crippen LogP contribution < -0.4 is 0 Å². The van der Waals surface area contributed by atoms with Gasteiger partial charge >= 0.3 is 0 Å². The molecule has 0 aliphatic rings. The van der Waals surface area contributed by atoms with Gasteiger partial charge in [-0.25, -0.2) is 0 Å². The van der Waals surface area contributed by atoms with Crippen LogP contribution >= 0.6 is 15.9 Å². The van der Waals surface area contributed by atoms with Gasteiger partial charge in [0.2, 0.25) is 5.91 Å². The van der Waals surface area contributed by atoms with Crippen molar-refractivity contribution in [2.24, 2.45) is 0 Å². The number of rotatable bonds is 3. The Morgan fingerprint density at radius 3 is 2.56 bits per heavy atom. The van der Waals surface area contributed by atoms with Gasteiger partial charge in [-0.2, -0.15) is 0 Å². The molecule has 3 heteroatoms. The molecule has 9 heavy (non-hydrogen) atoms. The van der Waals surface area contributed by atoms with Gasteiger partial charge in [0.25, 0.3) is 0 Å². The third-order valence-electron chi connectivity index (χ3n) is 1.16. The summed E-state index contributed by atoms with van der Waals surface area (Å²) in [5.74, 6) is 0.135. The molecule has 0 radical (unpaired) electrons. The Labute approximate surface area is 64.4 Å². The second kappa shape index (κ2) is 4.79. The molecule has 0 aromatic rings. The van der Waals surface area contributed by atoms with E-state index in [9.17, 15) is 4.79 Å². The van der Waals surface area contributed by atoms with Gasteiger partial charge in [0.05, 0.1) is 0 Å². The van der Waals surface area contributed by atoms with Crippen LogP contribution in [0.2, 0.25) is 0 Å². The van der Waals surface area contributed by atoms with Crippen molar-refractivity contribution in [1.29, 1.82) is 0 Å². The lowest BCUT2D eigenvalue weighted by Crippen LogP contribution is -2.24. The van der Waals surface area contributed by atoms with Crippen molar-refractivity contribution >= 4 is 21.8 Å². The first-order valence-corrected chi connectivity index (χ1v) is 4.08. The number of carbonyl (C=O) groups is 1. The van der Waals surface area contributed by atoms with E-state index in [0.717, 1.165) is 18.3 Å². The minimum atomic E-state index is 0.135. The summed E-state index contributed by atoms with van der Waals surface area (Å²) >= 11 is 3.29. The molecule has 0 N–H and O–H groups in total. The molecular weight excluding hydrogens is 182 g/mol. The average Bonchev–Trinajstić information content (AvgIpc) is 1.82. The van der Waals surface area contributed by atoms with Gasteiger partial charge in [0, 0.05) is 25.8 Å². The van der Waals surface area contributed by atoms with Crippen LogP contribution in [0.4, 0.5) is 0 Å². The molecule has 0 saturated carbocycles. The quantitative estimate of drug-likeness (QED) is 0.619. The van der Waals surface area contributed by atoms with E-state index in [1.54, 1.807) is 11.8 Å². The van der Waals surface area contributed by atoms with Crippen LogP contribution in [0.1, 0.15) is 13.3 Å². The lowest BCUT2D eigenvalue weighted by molar-refractivity contribution is -0.127. The van der Waals surface area contributed by atoms with Gasteiger partial charge in [-0.05, 0) is 6.42 Å². The standard InChI is InChI=1S/C6H12BrNO/c1-6(9)8(2)5-3-4-7/h3-5H2,1-2H3. The smallest absolute Gasteiger partial charge is 0.219 e. The number of carbonyl (C=O) groups excluding carboxylic acids is 1. The number of alkyl halides is 1. The highest BCUT2D eigenvalue weighted by molar-refractivity contribution is 9.09. The maximum atomic E-state index is 10.6. The predicted octanol–water partition coefficient (Wildman–Crippen LogP) is 1.25. The Balaban J connectivity index is 3.27. The molecule has 54 valence electrons. The predicted molar refractivity (Wildman–Crippen MR) is 41.7 cm³/mol. The van der Waals surface area contributed by atoms with E-state index in [1.807, 2.05) is 7.05 Å². The van der Waals surface area contributed by atoms with Crippen molar-refractivity contribution in [1.82, 2.24) is 4.90 Å². The van der Waals surface area contributed by atoms with E-state index in [-0.39, 0.29) is 5.91 Å². The van der Waals surface area contributed by atoms with Crippen molar-refractivity contribution in [3.8, 4) is 0 Å². The third-order valence-corrected chi connectivity index (χ3v) is 1.73. The molecule has 0 saturated heterocycles. The summed E-state index contributed by atoms with van der Waals surface area (Å²) < 4.78 is 0. The summed E-state index contributed by atoms with van der Waals surface area (Å²) in [6.45, 7) is 2.43. The molecule has 0 aliphatic carbocycles. The number of halogens is 1. The molecule has 0 aliphatic heterocycles. The summed E-state index contributed by atoms with van der Waals surface area (Å²) in [5, 5.41) is 0.963. The van der Waals surface area contributed by atoms with Gasteiger partial charge in [0.15, 0.2) is 0 Å².